The minimum Gasteiger partial charge on any atom is -0.365 e. The van der Waals surface area contributed by atoms with Crippen LogP contribution >= 0.6 is 11.8 Å². The van der Waals surface area contributed by atoms with Gasteiger partial charge in [0.05, 0.1) is 12.2 Å². The number of thioether (sulfide) groups is 1. The van der Waals surface area contributed by atoms with E-state index < -0.39 is 10.0 Å². The van der Waals surface area contributed by atoms with Gasteiger partial charge in [0, 0.05) is 23.8 Å². The van der Waals surface area contributed by atoms with Crippen molar-refractivity contribution in [2.24, 2.45) is 11.8 Å². The minimum absolute atomic E-state index is 0.0406. The molecule has 3 atom stereocenters. The summed E-state index contributed by atoms with van der Waals surface area (Å²) < 4.78 is 35.1. The van der Waals surface area contributed by atoms with Gasteiger partial charge in [-0.05, 0) is 49.3 Å². The van der Waals surface area contributed by atoms with Gasteiger partial charge in [-0.1, -0.05) is 43.3 Å². The Balaban J connectivity index is 1.34. The summed E-state index contributed by atoms with van der Waals surface area (Å²) in [6.45, 7) is 6.07. The zero-order valence-corrected chi connectivity index (χ0v) is 18.1. The number of piperidine rings is 1. The van der Waals surface area contributed by atoms with Gasteiger partial charge in [-0.15, -0.1) is 11.8 Å². The number of sulfonamides is 1. The lowest BCUT2D eigenvalue weighted by Crippen LogP contribution is -2.45. The molecule has 4 nitrogen and oxygen atoms in total. The van der Waals surface area contributed by atoms with Crippen LogP contribution in [0.1, 0.15) is 44.2 Å². The van der Waals surface area contributed by atoms with Crippen LogP contribution in [0, 0.1) is 11.8 Å². The first-order valence-corrected chi connectivity index (χ1v) is 12.4. The first-order chi connectivity index (χ1) is 13.3. The highest BCUT2D eigenvalue weighted by Crippen LogP contribution is 2.54. The Kier molecular flexibility index (Phi) is 4.36. The van der Waals surface area contributed by atoms with Gasteiger partial charge in [0.2, 0.25) is 10.0 Å². The molecule has 150 valence electrons. The SMILES string of the molecule is CC1C=CC2C=C(S(=O)(=O)N3CCC4(CC3)OCc3ccccc34)SC2(C)C1. The summed E-state index contributed by atoms with van der Waals surface area (Å²) in [4.78, 5) is 0. The molecule has 1 aromatic carbocycles. The lowest BCUT2D eigenvalue weighted by atomic mass is 9.80. The van der Waals surface area contributed by atoms with Crippen LogP contribution in [0.2, 0.25) is 0 Å². The Bertz CT molecular complexity index is 960. The second-order valence-electron chi connectivity index (χ2n) is 8.84. The van der Waals surface area contributed by atoms with Crippen molar-refractivity contribution in [1.29, 1.82) is 0 Å². The zero-order valence-electron chi connectivity index (χ0n) is 16.4. The van der Waals surface area contributed by atoms with E-state index in [-0.39, 0.29) is 16.3 Å². The molecule has 1 fully saturated rings. The van der Waals surface area contributed by atoms with Gasteiger partial charge in [-0.25, -0.2) is 8.42 Å². The summed E-state index contributed by atoms with van der Waals surface area (Å²) in [5, 5.41) is 0. The van der Waals surface area contributed by atoms with Gasteiger partial charge in [-0.3, -0.25) is 0 Å². The van der Waals surface area contributed by atoms with Crippen LogP contribution in [-0.4, -0.2) is 30.6 Å². The third-order valence-electron chi connectivity index (χ3n) is 6.87. The van der Waals surface area contributed by atoms with Crippen LogP contribution in [0.3, 0.4) is 0 Å². The molecule has 0 amide bonds. The molecule has 1 aromatic rings. The molecule has 6 heteroatoms. The first-order valence-electron chi connectivity index (χ1n) is 10.1. The predicted octanol–water partition coefficient (Wildman–Crippen LogP) is 4.40. The molecule has 1 saturated heterocycles. The van der Waals surface area contributed by atoms with Crippen LogP contribution in [0.25, 0.3) is 0 Å². The van der Waals surface area contributed by atoms with Crippen molar-refractivity contribution in [1.82, 2.24) is 4.31 Å². The Morgan fingerprint density at radius 3 is 2.71 bits per heavy atom. The second kappa shape index (κ2) is 6.46. The van der Waals surface area contributed by atoms with E-state index in [0.29, 0.717) is 29.9 Å². The van der Waals surface area contributed by atoms with E-state index in [1.54, 1.807) is 16.1 Å². The number of nitrogens with zero attached hydrogens (tertiary/aromatic N) is 1. The molecule has 1 aliphatic carbocycles. The minimum atomic E-state index is -3.43. The number of allylic oxidation sites excluding steroid dienone is 3. The number of ether oxygens (including phenoxy) is 1. The van der Waals surface area contributed by atoms with Crippen LogP contribution < -0.4 is 0 Å². The maximum Gasteiger partial charge on any atom is 0.248 e. The zero-order chi connectivity index (χ0) is 19.6. The fourth-order valence-corrected chi connectivity index (χ4v) is 9.11. The topological polar surface area (TPSA) is 46.6 Å². The van der Waals surface area contributed by atoms with Crippen LogP contribution in [0.5, 0.6) is 0 Å². The molecule has 0 aromatic heterocycles. The summed E-state index contributed by atoms with van der Waals surface area (Å²) in [7, 11) is -3.43. The fraction of sp³-hybridized carbons (Fsp3) is 0.545. The molecule has 28 heavy (non-hydrogen) atoms. The van der Waals surface area contributed by atoms with Gasteiger partial charge in [0.25, 0.3) is 0 Å². The quantitative estimate of drug-likeness (QED) is 0.669. The number of hydrogen-bond donors (Lipinski definition) is 0. The maximum atomic E-state index is 13.4. The highest BCUT2D eigenvalue weighted by atomic mass is 32.3. The standard InChI is InChI=1S/C22H27NO3S2/c1-16-7-8-18-13-20(27-21(18,2)14-16)28(24,25)23-11-9-22(10-12-23)19-6-4-3-5-17(19)15-26-22/h3-8,13,16,18H,9-12,14-15H2,1-2H3. The van der Waals surface area contributed by atoms with E-state index in [4.69, 9.17) is 4.74 Å². The van der Waals surface area contributed by atoms with Crippen LogP contribution in [0.15, 0.2) is 46.7 Å². The van der Waals surface area contributed by atoms with E-state index >= 15 is 0 Å². The van der Waals surface area contributed by atoms with E-state index in [0.717, 1.165) is 19.3 Å². The lowest BCUT2D eigenvalue weighted by molar-refractivity contribution is -0.0687. The molecule has 4 aliphatic rings. The van der Waals surface area contributed by atoms with Crippen molar-refractivity contribution in [2.45, 2.75) is 50.1 Å². The third-order valence-corrected chi connectivity index (χ3v) is 10.7. The summed E-state index contributed by atoms with van der Waals surface area (Å²) in [6, 6.07) is 8.35. The van der Waals surface area contributed by atoms with Crippen LogP contribution in [0.4, 0.5) is 0 Å². The Morgan fingerprint density at radius 1 is 1.18 bits per heavy atom. The average Bonchev–Trinajstić information content (AvgIpc) is 3.21. The van der Waals surface area contributed by atoms with E-state index in [2.05, 4.69) is 44.2 Å². The molecular weight excluding hydrogens is 390 g/mol. The fourth-order valence-electron chi connectivity index (χ4n) is 5.26. The lowest BCUT2D eigenvalue weighted by Gasteiger charge is -2.39. The van der Waals surface area contributed by atoms with E-state index in [9.17, 15) is 8.42 Å². The molecule has 3 heterocycles. The Morgan fingerprint density at radius 2 is 1.93 bits per heavy atom. The highest BCUT2D eigenvalue weighted by Gasteiger charge is 2.48. The highest BCUT2D eigenvalue weighted by molar-refractivity contribution is 8.18. The van der Waals surface area contributed by atoms with Gasteiger partial charge in [0.15, 0.2) is 0 Å². The summed E-state index contributed by atoms with van der Waals surface area (Å²) in [5.74, 6) is 0.707. The number of benzene rings is 1. The summed E-state index contributed by atoms with van der Waals surface area (Å²) >= 11 is 1.56. The molecule has 0 radical (unpaired) electrons. The van der Waals surface area contributed by atoms with Gasteiger partial charge < -0.3 is 4.74 Å². The van der Waals surface area contributed by atoms with Crippen molar-refractivity contribution in [3.05, 3.63) is 57.9 Å². The van der Waals surface area contributed by atoms with Crippen molar-refractivity contribution >= 4 is 21.8 Å². The number of hydrogen-bond acceptors (Lipinski definition) is 4. The first kappa shape index (κ1) is 18.9. The van der Waals surface area contributed by atoms with Gasteiger partial charge in [-0.2, -0.15) is 4.31 Å². The number of rotatable bonds is 2. The Hall–Kier alpha value is -1.08. The van der Waals surface area contributed by atoms with Crippen molar-refractivity contribution in [3.8, 4) is 0 Å². The molecule has 0 N–H and O–H groups in total. The molecule has 3 unspecified atom stereocenters. The van der Waals surface area contributed by atoms with Gasteiger partial charge in [0.1, 0.15) is 4.24 Å². The summed E-state index contributed by atoms with van der Waals surface area (Å²) in [6.07, 6.45) is 8.85. The molecular formula is C22H27NO3S2. The van der Waals surface area contributed by atoms with E-state index in [1.807, 2.05) is 12.1 Å². The smallest absolute Gasteiger partial charge is 0.248 e. The van der Waals surface area contributed by atoms with Crippen molar-refractivity contribution in [3.63, 3.8) is 0 Å². The Labute approximate surface area is 172 Å². The molecule has 5 rings (SSSR count). The van der Waals surface area contributed by atoms with Crippen molar-refractivity contribution in [2.75, 3.05) is 13.1 Å². The van der Waals surface area contributed by atoms with Crippen LogP contribution in [-0.2, 0) is 27.0 Å². The van der Waals surface area contributed by atoms with Gasteiger partial charge >= 0.3 is 0 Å². The van der Waals surface area contributed by atoms with E-state index in [1.165, 1.54) is 11.1 Å². The molecule has 0 bridgehead atoms. The molecule has 1 spiro atoms. The monoisotopic (exact) mass is 417 g/mol. The predicted molar refractivity (Wildman–Crippen MR) is 113 cm³/mol. The maximum absolute atomic E-state index is 13.4. The van der Waals surface area contributed by atoms with Crippen molar-refractivity contribution < 1.29 is 13.2 Å². The summed E-state index contributed by atoms with van der Waals surface area (Å²) in [5.41, 5.74) is 2.18. The number of fused-ring (bicyclic) bond motifs is 3. The molecule has 3 aliphatic heterocycles. The largest absolute Gasteiger partial charge is 0.365 e. The second-order valence-corrected chi connectivity index (χ2v) is 12.6. The third kappa shape index (κ3) is 2.83. The average molecular weight is 418 g/mol. The normalized spacial score (nSPS) is 34.3. The molecule has 0 saturated carbocycles.